The van der Waals surface area contributed by atoms with Crippen LogP contribution in [0, 0.1) is 0 Å². The lowest BCUT2D eigenvalue weighted by Crippen LogP contribution is -2.44. The van der Waals surface area contributed by atoms with E-state index in [2.05, 4.69) is 44.5 Å². The predicted molar refractivity (Wildman–Crippen MR) is 124 cm³/mol. The van der Waals surface area contributed by atoms with Crippen molar-refractivity contribution in [3.8, 4) is 11.3 Å². The summed E-state index contributed by atoms with van der Waals surface area (Å²) in [6.45, 7) is 6.97. The molecule has 30 heavy (non-hydrogen) atoms. The lowest BCUT2D eigenvalue weighted by atomic mass is 10.0. The third kappa shape index (κ3) is 5.07. The summed E-state index contributed by atoms with van der Waals surface area (Å²) in [6.07, 6.45) is 3.67. The Hall–Kier alpha value is -2.70. The number of anilines is 1. The summed E-state index contributed by atoms with van der Waals surface area (Å²) in [5.41, 5.74) is 2.74. The van der Waals surface area contributed by atoms with Crippen molar-refractivity contribution < 1.29 is 0 Å². The number of likely N-dealkylation sites (N-methyl/N-ethyl adjacent to an activating group) is 1. The molecule has 4 rings (SSSR count). The van der Waals surface area contributed by atoms with E-state index >= 15 is 0 Å². The minimum atomic E-state index is -0.153. The number of nitrogens with one attached hydrogen (secondary N) is 2. The lowest BCUT2D eigenvalue weighted by Gasteiger charge is -2.32. The summed E-state index contributed by atoms with van der Waals surface area (Å²) in [7, 11) is 2.20. The Morgan fingerprint density at radius 2 is 1.77 bits per heavy atom. The van der Waals surface area contributed by atoms with Crippen molar-refractivity contribution in [2.24, 2.45) is 0 Å². The fourth-order valence-corrected chi connectivity index (χ4v) is 4.05. The Bertz CT molecular complexity index is 1020. The topological polar surface area (TPSA) is 64.3 Å². The predicted octanol–water partition coefficient (Wildman–Crippen LogP) is 3.42. The Kier molecular flexibility index (Phi) is 6.77. The summed E-state index contributed by atoms with van der Waals surface area (Å²) >= 11 is 0. The first-order valence-electron chi connectivity index (χ1n) is 10.9. The maximum Gasteiger partial charge on any atom is 0.272 e. The van der Waals surface area contributed by atoms with Gasteiger partial charge < -0.3 is 15.1 Å². The Labute approximate surface area is 177 Å². The maximum absolute atomic E-state index is 12.0. The number of unbranched alkanes of at least 4 members (excludes halogenated alkanes) is 2. The van der Waals surface area contributed by atoms with Gasteiger partial charge in [0, 0.05) is 49.4 Å². The third-order valence-electron chi connectivity index (χ3n) is 5.91. The van der Waals surface area contributed by atoms with E-state index in [4.69, 9.17) is 0 Å². The van der Waals surface area contributed by atoms with Gasteiger partial charge in [-0.25, -0.2) is 5.10 Å². The highest BCUT2D eigenvalue weighted by Gasteiger charge is 2.12. The van der Waals surface area contributed by atoms with Crippen LogP contribution < -0.4 is 10.9 Å². The number of fused-ring (bicyclic) bond motifs is 1. The van der Waals surface area contributed by atoms with Gasteiger partial charge in [-0.2, -0.15) is 5.10 Å². The summed E-state index contributed by atoms with van der Waals surface area (Å²) in [4.78, 5) is 17.0. The SMILES string of the molecule is CN1CCN(CCCCCNc2cccc(-c3n[nH]c(=O)c4ccccc34)c2)CC1. The molecule has 0 amide bonds. The molecular formula is C24H31N5O. The van der Waals surface area contributed by atoms with Gasteiger partial charge in [-0.15, -0.1) is 0 Å². The van der Waals surface area contributed by atoms with Crippen LogP contribution in [-0.4, -0.2) is 66.3 Å². The molecule has 1 aliphatic heterocycles. The number of hydrogen-bond donors (Lipinski definition) is 2. The second-order valence-electron chi connectivity index (χ2n) is 8.16. The van der Waals surface area contributed by atoms with E-state index in [1.165, 1.54) is 45.6 Å². The van der Waals surface area contributed by atoms with Crippen LogP contribution in [0.4, 0.5) is 5.69 Å². The van der Waals surface area contributed by atoms with E-state index < -0.39 is 0 Å². The Balaban J connectivity index is 1.29. The molecule has 0 aliphatic carbocycles. The van der Waals surface area contributed by atoms with Gasteiger partial charge in [0.25, 0.3) is 5.56 Å². The maximum atomic E-state index is 12.0. The van der Waals surface area contributed by atoms with Crippen LogP contribution in [0.15, 0.2) is 53.3 Å². The first-order chi connectivity index (χ1) is 14.7. The molecule has 2 heterocycles. The van der Waals surface area contributed by atoms with Crippen LogP contribution in [0.25, 0.3) is 22.0 Å². The largest absolute Gasteiger partial charge is 0.385 e. The van der Waals surface area contributed by atoms with Crippen LogP contribution in [-0.2, 0) is 0 Å². The molecule has 2 aromatic carbocycles. The Morgan fingerprint density at radius 3 is 2.60 bits per heavy atom. The van der Waals surface area contributed by atoms with Gasteiger partial charge in [-0.1, -0.05) is 36.8 Å². The fraction of sp³-hybridized carbons (Fsp3) is 0.417. The van der Waals surface area contributed by atoms with Gasteiger partial charge >= 0.3 is 0 Å². The quantitative estimate of drug-likeness (QED) is 0.562. The zero-order valence-corrected chi connectivity index (χ0v) is 17.7. The van der Waals surface area contributed by atoms with E-state index in [0.29, 0.717) is 5.39 Å². The van der Waals surface area contributed by atoms with Gasteiger partial charge in [-0.05, 0) is 44.6 Å². The van der Waals surface area contributed by atoms with Gasteiger partial charge in [0.05, 0.1) is 11.1 Å². The number of H-pyrrole nitrogens is 1. The number of rotatable bonds is 8. The van der Waals surface area contributed by atoms with Crippen LogP contribution in [0.5, 0.6) is 0 Å². The first-order valence-corrected chi connectivity index (χ1v) is 10.9. The number of piperazine rings is 1. The van der Waals surface area contributed by atoms with Gasteiger partial charge in [-0.3, -0.25) is 4.79 Å². The highest BCUT2D eigenvalue weighted by atomic mass is 16.1. The first kappa shape index (κ1) is 20.6. The molecule has 1 saturated heterocycles. The zero-order chi connectivity index (χ0) is 20.8. The number of aromatic nitrogens is 2. The van der Waals surface area contributed by atoms with E-state index in [0.717, 1.165) is 35.3 Å². The van der Waals surface area contributed by atoms with E-state index in [-0.39, 0.29) is 5.56 Å². The molecule has 1 fully saturated rings. The molecule has 0 bridgehead atoms. The number of benzene rings is 2. The second kappa shape index (κ2) is 9.87. The summed E-state index contributed by atoms with van der Waals surface area (Å²) in [5, 5.41) is 12.0. The normalized spacial score (nSPS) is 15.5. The molecule has 158 valence electrons. The van der Waals surface area contributed by atoms with Crippen molar-refractivity contribution in [1.82, 2.24) is 20.0 Å². The van der Waals surface area contributed by atoms with Gasteiger partial charge in [0.2, 0.25) is 0 Å². The average Bonchev–Trinajstić information content (AvgIpc) is 2.78. The number of nitrogens with zero attached hydrogens (tertiary/aromatic N) is 3. The van der Waals surface area contributed by atoms with Crippen molar-refractivity contribution in [3.05, 3.63) is 58.9 Å². The summed E-state index contributed by atoms with van der Waals surface area (Å²) in [5.74, 6) is 0. The smallest absolute Gasteiger partial charge is 0.272 e. The molecule has 2 N–H and O–H groups in total. The standard InChI is InChI=1S/C24H31N5O/c1-28-14-16-29(17-15-28)13-6-2-5-12-25-20-9-7-8-19(18-20)23-21-10-3-4-11-22(21)24(30)27-26-23/h3-4,7-11,18,25H,2,5-6,12-17H2,1H3,(H,27,30). The zero-order valence-electron chi connectivity index (χ0n) is 17.7. The Morgan fingerprint density at radius 1 is 0.967 bits per heavy atom. The highest BCUT2D eigenvalue weighted by molar-refractivity contribution is 5.94. The average molecular weight is 406 g/mol. The number of aromatic amines is 1. The van der Waals surface area contributed by atoms with Crippen molar-refractivity contribution in [2.45, 2.75) is 19.3 Å². The summed E-state index contributed by atoms with van der Waals surface area (Å²) in [6, 6.07) is 15.9. The molecular weight excluding hydrogens is 374 g/mol. The van der Waals surface area contributed by atoms with Crippen molar-refractivity contribution in [2.75, 3.05) is 51.6 Å². The van der Waals surface area contributed by atoms with Crippen LogP contribution >= 0.6 is 0 Å². The van der Waals surface area contributed by atoms with E-state index in [1.54, 1.807) is 0 Å². The van der Waals surface area contributed by atoms with E-state index in [9.17, 15) is 4.79 Å². The minimum Gasteiger partial charge on any atom is -0.385 e. The number of hydrogen-bond acceptors (Lipinski definition) is 5. The van der Waals surface area contributed by atoms with Crippen LogP contribution in [0.2, 0.25) is 0 Å². The van der Waals surface area contributed by atoms with Gasteiger partial charge in [0.15, 0.2) is 0 Å². The molecule has 6 nitrogen and oxygen atoms in total. The molecule has 0 atom stereocenters. The lowest BCUT2D eigenvalue weighted by molar-refractivity contribution is 0.152. The van der Waals surface area contributed by atoms with Gasteiger partial charge in [0.1, 0.15) is 0 Å². The van der Waals surface area contributed by atoms with E-state index in [1.807, 2.05) is 36.4 Å². The highest BCUT2D eigenvalue weighted by Crippen LogP contribution is 2.26. The molecule has 0 spiro atoms. The minimum absolute atomic E-state index is 0.153. The molecule has 1 aromatic heterocycles. The van der Waals surface area contributed by atoms with Crippen molar-refractivity contribution >= 4 is 16.5 Å². The van der Waals surface area contributed by atoms with Crippen molar-refractivity contribution in [1.29, 1.82) is 0 Å². The molecule has 0 saturated carbocycles. The third-order valence-corrected chi connectivity index (χ3v) is 5.91. The van der Waals surface area contributed by atoms with Crippen LogP contribution in [0.1, 0.15) is 19.3 Å². The molecule has 6 heteroatoms. The molecule has 0 radical (unpaired) electrons. The summed E-state index contributed by atoms with van der Waals surface area (Å²) < 4.78 is 0. The monoisotopic (exact) mass is 405 g/mol. The molecule has 0 unspecified atom stereocenters. The molecule has 3 aromatic rings. The second-order valence-corrected chi connectivity index (χ2v) is 8.16. The molecule has 1 aliphatic rings. The fourth-order valence-electron chi connectivity index (χ4n) is 4.05. The van der Waals surface area contributed by atoms with Crippen molar-refractivity contribution in [3.63, 3.8) is 0 Å². The van der Waals surface area contributed by atoms with Crippen LogP contribution in [0.3, 0.4) is 0 Å².